The Hall–Kier alpha value is -0.730. The van der Waals surface area contributed by atoms with Gasteiger partial charge in [0.05, 0.1) is 5.75 Å². The lowest BCUT2D eigenvalue weighted by molar-refractivity contribution is -0.133. The Balaban J connectivity index is 2.12. The third-order valence-corrected chi connectivity index (χ3v) is 5.49. The first kappa shape index (κ1) is 15.7. The van der Waals surface area contributed by atoms with Crippen molar-refractivity contribution >= 4 is 29.5 Å². The van der Waals surface area contributed by atoms with Gasteiger partial charge in [0.15, 0.2) is 11.0 Å². The van der Waals surface area contributed by atoms with Crippen molar-refractivity contribution < 1.29 is 15.0 Å². The van der Waals surface area contributed by atoms with Crippen LogP contribution in [0.3, 0.4) is 0 Å². The minimum atomic E-state index is -0.874. The fraction of sp³-hybridized carbons (Fsp3) is 0.750. The molecular weight excluding hydrogens is 298 g/mol. The molecule has 0 amide bonds. The zero-order valence-electron chi connectivity index (χ0n) is 11.4. The first-order valence-electron chi connectivity index (χ1n) is 6.66. The normalized spacial score (nSPS) is 22.3. The van der Waals surface area contributed by atoms with Crippen LogP contribution < -0.4 is 0 Å². The highest BCUT2D eigenvalue weighted by Crippen LogP contribution is 2.39. The first-order chi connectivity index (χ1) is 9.65. The number of hydrogen-bond acceptors (Lipinski definition) is 6. The molecule has 112 valence electrons. The third-order valence-electron chi connectivity index (χ3n) is 3.33. The highest BCUT2D eigenvalue weighted by atomic mass is 32.2. The summed E-state index contributed by atoms with van der Waals surface area (Å²) < 4.78 is 1.93. The van der Waals surface area contributed by atoms with E-state index in [1.165, 1.54) is 0 Å². The number of aliphatic carboxylic acids is 1. The Morgan fingerprint density at radius 2 is 2.25 bits per heavy atom. The van der Waals surface area contributed by atoms with Crippen LogP contribution in [0.25, 0.3) is 0 Å². The maximum absolute atomic E-state index is 10.7. The molecule has 0 aliphatic heterocycles. The molecule has 8 heteroatoms. The van der Waals surface area contributed by atoms with Gasteiger partial charge in [0.25, 0.3) is 0 Å². The van der Waals surface area contributed by atoms with Crippen LogP contribution in [-0.2, 0) is 11.4 Å². The lowest BCUT2D eigenvalue weighted by Crippen LogP contribution is -2.12. The van der Waals surface area contributed by atoms with Gasteiger partial charge in [0.1, 0.15) is 6.61 Å². The van der Waals surface area contributed by atoms with Crippen molar-refractivity contribution in [2.75, 3.05) is 11.5 Å². The summed E-state index contributed by atoms with van der Waals surface area (Å²) in [7, 11) is 0. The molecule has 1 saturated carbocycles. The van der Waals surface area contributed by atoms with Crippen LogP contribution in [-0.4, -0.2) is 47.7 Å². The standard InChI is InChI=1S/C12H19N3O3S2/c1-2-19-9-4-3-8(5-9)15-10(6-16)13-14-12(15)20-7-11(17)18/h8-9,16H,2-7H2,1H3,(H,17,18). The minimum absolute atomic E-state index is 0.0383. The van der Waals surface area contributed by atoms with Crippen molar-refractivity contribution in [3.05, 3.63) is 5.82 Å². The van der Waals surface area contributed by atoms with Gasteiger partial charge in [-0.1, -0.05) is 18.7 Å². The summed E-state index contributed by atoms with van der Waals surface area (Å²) in [6.45, 7) is 1.99. The molecule has 0 saturated heterocycles. The zero-order valence-corrected chi connectivity index (χ0v) is 13.0. The molecule has 2 unspecified atom stereocenters. The molecule has 0 spiro atoms. The number of rotatable bonds is 7. The summed E-state index contributed by atoms with van der Waals surface area (Å²) in [6, 6.07) is 0.271. The Bertz CT molecular complexity index is 467. The lowest BCUT2D eigenvalue weighted by atomic mass is 10.2. The Morgan fingerprint density at radius 3 is 2.90 bits per heavy atom. The molecule has 1 aliphatic carbocycles. The van der Waals surface area contributed by atoms with Gasteiger partial charge in [-0.05, 0) is 25.0 Å². The summed E-state index contributed by atoms with van der Waals surface area (Å²) in [6.07, 6.45) is 3.21. The van der Waals surface area contributed by atoms with Crippen molar-refractivity contribution in [1.82, 2.24) is 14.8 Å². The van der Waals surface area contributed by atoms with E-state index >= 15 is 0 Å². The van der Waals surface area contributed by atoms with E-state index < -0.39 is 5.97 Å². The third kappa shape index (κ3) is 3.67. The molecule has 6 nitrogen and oxygen atoms in total. The first-order valence-corrected chi connectivity index (χ1v) is 8.70. The fourth-order valence-electron chi connectivity index (χ4n) is 2.55. The topological polar surface area (TPSA) is 88.2 Å². The summed E-state index contributed by atoms with van der Waals surface area (Å²) in [5, 5.41) is 27.4. The molecule has 0 aromatic carbocycles. The number of carbonyl (C=O) groups is 1. The van der Waals surface area contributed by atoms with Gasteiger partial charge < -0.3 is 14.8 Å². The van der Waals surface area contributed by atoms with Gasteiger partial charge >= 0.3 is 5.97 Å². The molecule has 2 atom stereocenters. The van der Waals surface area contributed by atoms with E-state index in [0.717, 1.165) is 36.8 Å². The lowest BCUT2D eigenvalue weighted by Gasteiger charge is -2.16. The molecule has 2 rings (SSSR count). The number of carboxylic acid groups (broad SMARTS) is 1. The molecule has 1 heterocycles. The highest BCUT2D eigenvalue weighted by molar-refractivity contribution is 8.00. The van der Waals surface area contributed by atoms with Crippen LogP contribution in [0.5, 0.6) is 0 Å². The van der Waals surface area contributed by atoms with Crippen molar-refractivity contribution in [3.63, 3.8) is 0 Å². The number of hydrogen-bond donors (Lipinski definition) is 2. The largest absolute Gasteiger partial charge is 0.481 e. The van der Waals surface area contributed by atoms with Crippen LogP contribution in [0.2, 0.25) is 0 Å². The molecule has 1 aromatic rings. The van der Waals surface area contributed by atoms with Crippen molar-refractivity contribution in [2.24, 2.45) is 0 Å². The second-order valence-corrected chi connectivity index (χ2v) is 7.17. The quantitative estimate of drug-likeness (QED) is 0.741. The summed E-state index contributed by atoms with van der Waals surface area (Å²) in [5.74, 6) is 0.724. The summed E-state index contributed by atoms with van der Waals surface area (Å²) in [4.78, 5) is 10.7. The van der Waals surface area contributed by atoms with Crippen LogP contribution in [0.15, 0.2) is 5.16 Å². The average molecular weight is 317 g/mol. The van der Waals surface area contributed by atoms with E-state index in [4.69, 9.17) is 5.11 Å². The van der Waals surface area contributed by atoms with E-state index in [9.17, 15) is 9.90 Å². The van der Waals surface area contributed by atoms with Crippen LogP contribution in [0.4, 0.5) is 0 Å². The molecule has 20 heavy (non-hydrogen) atoms. The minimum Gasteiger partial charge on any atom is -0.481 e. The van der Waals surface area contributed by atoms with Crippen LogP contribution >= 0.6 is 23.5 Å². The molecule has 1 fully saturated rings. The summed E-state index contributed by atoms with van der Waals surface area (Å²) in [5.41, 5.74) is 0. The van der Waals surface area contributed by atoms with Crippen molar-refractivity contribution in [1.29, 1.82) is 0 Å². The zero-order chi connectivity index (χ0) is 14.5. The van der Waals surface area contributed by atoms with Gasteiger partial charge in [-0.15, -0.1) is 10.2 Å². The number of aliphatic hydroxyl groups is 1. The van der Waals surface area contributed by atoms with E-state index in [1.54, 1.807) is 0 Å². The van der Waals surface area contributed by atoms with E-state index in [0.29, 0.717) is 16.2 Å². The molecule has 0 radical (unpaired) electrons. The van der Waals surface area contributed by atoms with E-state index in [2.05, 4.69) is 17.1 Å². The van der Waals surface area contributed by atoms with Gasteiger partial charge in [-0.3, -0.25) is 4.79 Å². The molecular formula is C12H19N3O3S2. The molecule has 1 aromatic heterocycles. The average Bonchev–Trinajstić information content (AvgIpc) is 3.02. The van der Waals surface area contributed by atoms with Gasteiger partial charge in [-0.25, -0.2) is 0 Å². The number of thioether (sulfide) groups is 2. The molecule has 1 aliphatic rings. The van der Waals surface area contributed by atoms with E-state index in [-0.39, 0.29) is 18.4 Å². The Morgan fingerprint density at radius 1 is 1.45 bits per heavy atom. The molecule has 0 bridgehead atoms. The predicted molar refractivity (Wildman–Crippen MR) is 79.1 cm³/mol. The van der Waals surface area contributed by atoms with Crippen molar-refractivity contribution in [3.8, 4) is 0 Å². The van der Waals surface area contributed by atoms with Crippen molar-refractivity contribution in [2.45, 2.75) is 49.2 Å². The number of nitrogens with zero attached hydrogens (tertiary/aromatic N) is 3. The monoisotopic (exact) mass is 317 g/mol. The smallest absolute Gasteiger partial charge is 0.313 e. The van der Waals surface area contributed by atoms with Crippen LogP contribution in [0, 0.1) is 0 Å². The summed E-state index contributed by atoms with van der Waals surface area (Å²) >= 11 is 3.12. The highest BCUT2D eigenvalue weighted by Gasteiger charge is 2.29. The molecule has 2 N–H and O–H groups in total. The maximum atomic E-state index is 10.7. The fourth-order valence-corrected chi connectivity index (χ4v) is 4.42. The van der Waals surface area contributed by atoms with E-state index in [1.807, 2.05) is 16.3 Å². The van der Waals surface area contributed by atoms with Gasteiger partial charge in [0.2, 0.25) is 0 Å². The van der Waals surface area contributed by atoms with Gasteiger partial charge in [-0.2, -0.15) is 11.8 Å². The second-order valence-electron chi connectivity index (χ2n) is 4.65. The predicted octanol–water partition coefficient (Wildman–Crippen LogP) is 1.79. The number of carboxylic acids is 1. The SMILES string of the molecule is CCSC1CCC(n2c(CO)nnc2SCC(=O)O)C1. The van der Waals surface area contributed by atoms with Crippen LogP contribution in [0.1, 0.15) is 38.1 Å². The number of aliphatic hydroxyl groups excluding tert-OH is 1. The number of aromatic nitrogens is 3. The second kappa shape index (κ2) is 7.33. The van der Waals surface area contributed by atoms with Gasteiger partial charge in [0, 0.05) is 11.3 Å². The Kier molecular flexibility index (Phi) is 5.74. The maximum Gasteiger partial charge on any atom is 0.313 e. The Labute approximate surface area is 126 Å².